The minimum atomic E-state index is -3.74. The van der Waals surface area contributed by atoms with E-state index < -0.39 is 28.0 Å². The first-order chi connectivity index (χ1) is 13.5. The van der Waals surface area contributed by atoms with E-state index in [2.05, 4.69) is 10.0 Å². The number of carbonyl (C=O) groups is 1. The molecule has 2 heterocycles. The van der Waals surface area contributed by atoms with Crippen molar-refractivity contribution in [3.8, 4) is 11.5 Å². The first kappa shape index (κ1) is 18.7. The highest BCUT2D eigenvalue weighted by Crippen LogP contribution is 2.42. The number of fused-ring (bicyclic) bond motifs is 2. The second-order valence-electron chi connectivity index (χ2n) is 6.39. The van der Waals surface area contributed by atoms with Gasteiger partial charge in [-0.2, -0.15) is 4.72 Å². The number of amides is 1. The largest absolute Gasteiger partial charge is 0.457 e. The second-order valence-corrected chi connectivity index (χ2v) is 9.28. The predicted molar refractivity (Wildman–Crippen MR) is 107 cm³/mol. The van der Waals surface area contributed by atoms with Gasteiger partial charge in [0.2, 0.25) is 5.91 Å². The van der Waals surface area contributed by atoms with Gasteiger partial charge >= 0.3 is 0 Å². The number of benzene rings is 2. The van der Waals surface area contributed by atoms with E-state index in [0.29, 0.717) is 11.5 Å². The van der Waals surface area contributed by atoms with Gasteiger partial charge < -0.3 is 10.1 Å². The molecule has 1 aromatic heterocycles. The molecule has 28 heavy (non-hydrogen) atoms. The molecule has 0 bridgehead atoms. The number of carbonyl (C=O) groups excluding carboxylic acids is 1. The Hall–Kier alpha value is -2.68. The lowest BCUT2D eigenvalue weighted by atomic mass is 9.94. The van der Waals surface area contributed by atoms with Crippen LogP contribution in [0.5, 0.6) is 11.5 Å². The first-order valence-electron chi connectivity index (χ1n) is 8.67. The number of sulfonamides is 1. The van der Waals surface area contributed by atoms with Crippen LogP contribution in [0.4, 0.5) is 0 Å². The van der Waals surface area contributed by atoms with Gasteiger partial charge in [-0.1, -0.05) is 42.5 Å². The molecular weight excluding hydrogens is 396 g/mol. The van der Waals surface area contributed by atoms with Crippen molar-refractivity contribution in [1.82, 2.24) is 10.0 Å². The molecular formula is C20H18N2O4S2. The molecule has 6 nitrogen and oxygen atoms in total. The van der Waals surface area contributed by atoms with Gasteiger partial charge in [-0.15, -0.1) is 11.3 Å². The Morgan fingerprint density at radius 3 is 2.18 bits per heavy atom. The Kier molecular flexibility index (Phi) is 4.92. The highest BCUT2D eigenvalue weighted by atomic mass is 32.2. The van der Waals surface area contributed by atoms with Gasteiger partial charge in [0.15, 0.2) is 0 Å². The summed E-state index contributed by atoms with van der Waals surface area (Å²) in [5.41, 5.74) is 1.64. The van der Waals surface area contributed by atoms with Crippen molar-refractivity contribution in [1.29, 1.82) is 0 Å². The smallest absolute Gasteiger partial charge is 0.250 e. The quantitative estimate of drug-likeness (QED) is 0.670. The van der Waals surface area contributed by atoms with Crippen LogP contribution in [-0.4, -0.2) is 20.4 Å². The Bertz CT molecular complexity index is 1070. The van der Waals surface area contributed by atoms with E-state index in [-0.39, 0.29) is 4.21 Å². The fourth-order valence-corrected chi connectivity index (χ4v) is 5.31. The topological polar surface area (TPSA) is 84.5 Å². The molecule has 1 amide bonds. The average molecular weight is 415 g/mol. The van der Waals surface area contributed by atoms with E-state index in [1.165, 1.54) is 13.0 Å². The van der Waals surface area contributed by atoms with Crippen LogP contribution >= 0.6 is 11.3 Å². The van der Waals surface area contributed by atoms with Crippen LogP contribution < -0.4 is 14.8 Å². The summed E-state index contributed by atoms with van der Waals surface area (Å²) in [6.07, 6.45) is 0. The summed E-state index contributed by atoms with van der Waals surface area (Å²) >= 11 is 1.10. The zero-order valence-corrected chi connectivity index (χ0v) is 16.6. The number of nitrogens with one attached hydrogen (secondary N) is 2. The van der Waals surface area contributed by atoms with E-state index in [9.17, 15) is 13.2 Å². The van der Waals surface area contributed by atoms with Crippen LogP contribution in [0.1, 0.15) is 24.1 Å². The van der Waals surface area contributed by atoms with Gasteiger partial charge in [0, 0.05) is 11.1 Å². The van der Waals surface area contributed by atoms with Crippen molar-refractivity contribution in [2.75, 3.05) is 0 Å². The first-order valence-corrected chi connectivity index (χ1v) is 11.0. The third-order valence-corrected chi connectivity index (χ3v) is 7.39. The minimum absolute atomic E-state index is 0.175. The lowest BCUT2D eigenvalue weighted by Crippen LogP contribution is -2.46. The van der Waals surface area contributed by atoms with Gasteiger partial charge in [-0.25, -0.2) is 8.42 Å². The molecule has 0 radical (unpaired) electrons. The number of ether oxygens (including phenoxy) is 1. The zero-order valence-electron chi connectivity index (χ0n) is 15.0. The number of para-hydroxylation sites is 2. The SMILES string of the molecule is CC(NS(=O)(=O)c1cccs1)C(=O)NC1c2ccccc2Oc2ccccc21. The minimum Gasteiger partial charge on any atom is -0.457 e. The van der Waals surface area contributed by atoms with Crippen LogP contribution in [0.3, 0.4) is 0 Å². The molecule has 3 aromatic rings. The lowest BCUT2D eigenvalue weighted by molar-refractivity contribution is -0.122. The van der Waals surface area contributed by atoms with E-state index in [1.807, 2.05) is 48.5 Å². The van der Waals surface area contributed by atoms with E-state index in [1.54, 1.807) is 11.4 Å². The lowest BCUT2D eigenvalue weighted by Gasteiger charge is -2.29. The second kappa shape index (κ2) is 7.38. The standard InChI is InChI=1S/C20H18N2O4S2/c1-13(22-28(24,25)18-11-6-12-27-18)20(23)21-19-14-7-2-4-9-16(14)26-17-10-5-3-8-15(17)19/h2-13,19,22H,1H3,(H,21,23). The van der Waals surface area contributed by atoms with Crippen LogP contribution in [0.25, 0.3) is 0 Å². The van der Waals surface area contributed by atoms with Crippen molar-refractivity contribution >= 4 is 27.3 Å². The van der Waals surface area contributed by atoms with E-state index in [0.717, 1.165) is 22.5 Å². The maximum atomic E-state index is 12.8. The maximum Gasteiger partial charge on any atom is 0.250 e. The summed E-state index contributed by atoms with van der Waals surface area (Å²) in [7, 11) is -3.74. The molecule has 1 aliphatic heterocycles. The van der Waals surface area contributed by atoms with Crippen molar-refractivity contribution in [3.63, 3.8) is 0 Å². The molecule has 1 unspecified atom stereocenters. The molecule has 0 spiro atoms. The summed E-state index contributed by atoms with van der Waals surface area (Å²) in [6.45, 7) is 1.53. The van der Waals surface area contributed by atoms with Crippen LogP contribution in [0.15, 0.2) is 70.3 Å². The fraction of sp³-hybridized carbons (Fsp3) is 0.150. The van der Waals surface area contributed by atoms with Crippen molar-refractivity contribution in [2.45, 2.75) is 23.2 Å². The molecule has 0 fully saturated rings. The molecule has 0 saturated carbocycles. The molecule has 1 atom stereocenters. The van der Waals surface area contributed by atoms with Gasteiger partial charge in [-0.05, 0) is 30.5 Å². The third-order valence-electron chi connectivity index (χ3n) is 4.45. The zero-order chi connectivity index (χ0) is 19.7. The monoisotopic (exact) mass is 414 g/mol. The molecule has 2 aromatic carbocycles. The van der Waals surface area contributed by atoms with Gasteiger partial charge in [0.1, 0.15) is 15.7 Å². The summed E-state index contributed by atoms with van der Waals surface area (Å²) < 4.78 is 33.3. The fourth-order valence-electron chi connectivity index (χ4n) is 3.09. The molecule has 0 saturated heterocycles. The predicted octanol–water partition coefficient (Wildman–Crippen LogP) is 3.43. The Balaban J connectivity index is 1.58. The number of rotatable bonds is 5. The Morgan fingerprint density at radius 1 is 1.00 bits per heavy atom. The van der Waals surface area contributed by atoms with Crippen LogP contribution in [0.2, 0.25) is 0 Å². The Labute approximate surface area is 167 Å². The van der Waals surface area contributed by atoms with Gasteiger partial charge in [-0.3, -0.25) is 4.79 Å². The van der Waals surface area contributed by atoms with Crippen LogP contribution in [-0.2, 0) is 14.8 Å². The summed E-state index contributed by atoms with van der Waals surface area (Å²) in [5, 5.41) is 4.63. The van der Waals surface area contributed by atoms with E-state index in [4.69, 9.17) is 4.74 Å². The van der Waals surface area contributed by atoms with Gasteiger partial charge in [0.25, 0.3) is 10.0 Å². The van der Waals surface area contributed by atoms with Crippen molar-refractivity contribution in [3.05, 3.63) is 77.2 Å². The average Bonchev–Trinajstić information content (AvgIpc) is 3.23. The van der Waals surface area contributed by atoms with Crippen LogP contribution in [0, 0.1) is 0 Å². The molecule has 2 N–H and O–H groups in total. The number of thiophene rings is 1. The maximum absolute atomic E-state index is 12.8. The third kappa shape index (κ3) is 3.54. The highest BCUT2D eigenvalue weighted by Gasteiger charge is 2.30. The van der Waals surface area contributed by atoms with Crippen molar-refractivity contribution < 1.29 is 17.9 Å². The van der Waals surface area contributed by atoms with E-state index >= 15 is 0 Å². The molecule has 4 rings (SSSR count). The number of hydrogen-bond acceptors (Lipinski definition) is 5. The summed E-state index contributed by atoms with van der Waals surface area (Å²) in [6, 6.07) is 16.7. The summed E-state index contributed by atoms with van der Waals surface area (Å²) in [5.74, 6) is 0.910. The molecule has 1 aliphatic rings. The molecule has 144 valence electrons. The molecule has 8 heteroatoms. The number of hydrogen-bond donors (Lipinski definition) is 2. The highest BCUT2D eigenvalue weighted by molar-refractivity contribution is 7.91. The summed E-state index contributed by atoms with van der Waals surface area (Å²) in [4.78, 5) is 12.8. The molecule has 0 aliphatic carbocycles. The normalized spacial score (nSPS) is 14.5. The van der Waals surface area contributed by atoms with Crippen molar-refractivity contribution in [2.24, 2.45) is 0 Å². The Morgan fingerprint density at radius 2 is 1.61 bits per heavy atom. The van der Waals surface area contributed by atoms with Gasteiger partial charge in [0.05, 0.1) is 12.1 Å².